The molecule has 0 spiro atoms. The van der Waals surface area contributed by atoms with Crippen molar-refractivity contribution in [3.8, 4) is 6.07 Å². The number of carbonyl (C=O) groups excluding carboxylic acids is 1. The van der Waals surface area contributed by atoms with Crippen LogP contribution in [0.5, 0.6) is 0 Å². The van der Waals surface area contributed by atoms with Crippen molar-refractivity contribution in [1.29, 1.82) is 5.26 Å². The normalized spacial score (nSPS) is 13.6. The summed E-state index contributed by atoms with van der Waals surface area (Å²) in [6, 6.07) is 18.4. The van der Waals surface area contributed by atoms with Gasteiger partial charge in [0.25, 0.3) is 5.91 Å². The molecule has 4 rings (SSSR count). The third-order valence-corrected chi connectivity index (χ3v) is 4.92. The lowest BCUT2D eigenvalue weighted by atomic mass is 10.1. The number of aromatic nitrogens is 3. The van der Waals surface area contributed by atoms with Gasteiger partial charge in [0.2, 0.25) is 0 Å². The largest absolute Gasteiger partial charge is 0.352 e. The van der Waals surface area contributed by atoms with Crippen LogP contribution in [0.1, 0.15) is 21.6 Å². The van der Waals surface area contributed by atoms with Gasteiger partial charge in [-0.2, -0.15) is 5.26 Å². The molecule has 1 fully saturated rings. The first kappa shape index (κ1) is 19.3. The van der Waals surface area contributed by atoms with Crippen LogP contribution in [0.15, 0.2) is 54.6 Å². The monoisotopic (exact) mass is 399 g/mol. The molecule has 1 aromatic carbocycles. The molecular weight excluding hydrogens is 378 g/mol. The highest BCUT2D eigenvalue weighted by molar-refractivity contribution is 5.94. The highest BCUT2D eigenvalue weighted by atomic mass is 16.2. The highest BCUT2D eigenvalue weighted by Crippen LogP contribution is 2.18. The third kappa shape index (κ3) is 4.36. The lowest BCUT2D eigenvalue weighted by Crippen LogP contribution is -2.49. The first-order chi connectivity index (χ1) is 14.6. The first-order valence-corrected chi connectivity index (χ1v) is 9.71. The molecule has 8 nitrogen and oxygen atoms in total. The van der Waals surface area contributed by atoms with Gasteiger partial charge in [0, 0.05) is 37.4 Å². The number of amides is 1. The number of aryl methyl sites for hydroxylation is 1. The molecule has 1 amide bonds. The topological polar surface area (TPSA) is 98.0 Å². The minimum absolute atomic E-state index is 0.0527. The van der Waals surface area contributed by atoms with Gasteiger partial charge in [-0.25, -0.2) is 4.98 Å². The Morgan fingerprint density at radius 2 is 1.80 bits per heavy atom. The van der Waals surface area contributed by atoms with E-state index < -0.39 is 0 Å². The zero-order valence-corrected chi connectivity index (χ0v) is 16.6. The van der Waals surface area contributed by atoms with E-state index in [0.29, 0.717) is 43.1 Å². The molecule has 0 aliphatic carbocycles. The Hall–Kier alpha value is -3.99. The van der Waals surface area contributed by atoms with Crippen molar-refractivity contribution in [3.05, 3.63) is 71.4 Å². The Morgan fingerprint density at radius 1 is 1.00 bits per heavy atom. The van der Waals surface area contributed by atoms with Gasteiger partial charge in [-0.05, 0) is 49.4 Å². The summed E-state index contributed by atoms with van der Waals surface area (Å²) in [5, 5.41) is 20.7. The molecule has 3 aromatic rings. The Morgan fingerprint density at radius 3 is 2.50 bits per heavy atom. The smallest absolute Gasteiger partial charge is 0.254 e. The molecular formula is C22H21N7O. The average Bonchev–Trinajstić information content (AvgIpc) is 2.79. The molecule has 3 heterocycles. The van der Waals surface area contributed by atoms with Gasteiger partial charge in [0.05, 0.1) is 11.6 Å². The second-order valence-corrected chi connectivity index (χ2v) is 7.04. The predicted molar refractivity (Wildman–Crippen MR) is 114 cm³/mol. The number of nitrogens with one attached hydrogen (secondary N) is 1. The minimum Gasteiger partial charge on any atom is -0.352 e. The summed E-state index contributed by atoms with van der Waals surface area (Å²) in [5.41, 5.74) is 1.96. The number of anilines is 3. The maximum Gasteiger partial charge on any atom is 0.254 e. The van der Waals surface area contributed by atoms with Crippen LogP contribution >= 0.6 is 0 Å². The van der Waals surface area contributed by atoms with Crippen molar-refractivity contribution in [3.63, 3.8) is 0 Å². The molecule has 1 N–H and O–H groups in total. The number of pyridine rings is 1. The molecule has 1 aliphatic rings. The molecule has 0 saturated carbocycles. The Balaban J connectivity index is 1.36. The second kappa shape index (κ2) is 8.57. The number of nitrogens with zero attached hydrogens (tertiary/aromatic N) is 6. The Bertz CT molecular complexity index is 1080. The van der Waals surface area contributed by atoms with Crippen molar-refractivity contribution in [2.45, 2.75) is 6.92 Å². The SMILES string of the molecule is Cc1cccc(Nc2ccc(N3CCN(C(=O)c4cccc(C#N)c4)CC3)nn2)n1. The van der Waals surface area contributed by atoms with Crippen LogP contribution in [0.25, 0.3) is 0 Å². The van der Waals surface area contributed by atoms with Crippen molar-refractivity contribution in [1.82, 2.24) is 20.1 Å². The summed E-state index contributed by atoms with van der Waals surface area (Å²) in [5.74, 6) is 2.08. The van der Waals surface area contributed by atoms with Gasteiger partial charge < -0.3 is 15.1 Å². The average molecular weight is 399 g/mol. The van der Waals surface area contributed by atoms with Crippen molar-refractivity contribution >= 4 is 23.4 Å². The molecule has 0 unspecified atom stereocenters. The van der Waals surface area contributed by atoms with Crippen LogP contribution in [0, 0.1) is 18.3 Å². The molecule has 0 atom stereocenters. The summed E-state index contributed by atoms with van der Waals surface area (Å²) in [6.45, 7) is 4.45. The second-order valence-electron chi connectivity index (χ2n) is 7.04. The van der Waals surface area contributed by atoms with Crippen LogP contribution in [-0.2, 0) is 0 Å². The number of benzene rings is 1. The predicted octanol–water partition coefficient (Wildman–Crippen LogP) is 2.76. The molecule has 8 heteroatoms. The minimum atomic E-state index is -0.0527. The molecule has 0 radical (unpaired) electrons. The van der Waals surface area contributed by atoms with Crippen LogP contribution in [0.3, 0.4) is 0 Å². The van der Waals surface area contributed by atoms with E-state index in [1.54, 1.807) is 29.2 Å². The number of piperazine rings is 1. The molecule has 2 aromatic heterocycles. The van der Waals surface area contributed by atoms with Gasteiger partial charge in [-0.3, -0.25) is 4.79 Å². The number of carbonyl (C=O) groups is 1. The van der Waals surface area contributed by atoms with E-state index in [1.807, 2.05) is 37.3 Å². The highest BCUT2D eigenvalue weighted by Gasteiger charge is 2.23. The zero-order valence-electron chi connectivity index (χ0n) is 16.6. The fourth-order valence-corrected chi connectivity index (χ4v) is 3.35. The van der Waals surface area contributed by atoms with E-state index in [1.165, 1.54) is 0 Å². The van der Waals surface area contributed by atoms with E-state index in [4.69, 9.17) is 5.26 Å². The lowest BCUT2D eigenvalue weighted by molar-refractivity contribution is 0.0746. The zero-order chi connectivity index (χ0) is 20.9. The number of rotatable bonds is 4. The third-order valence-electron chi connectivity index (χ3n) is 4.92. The van der Waals surface area contributed by atoms with E-state index in [9.17, 15) is 4.79 Å². The van der Waals surface area contributed by atoms with Crippen molar-refractivity contribution in [2.75, 3.05) is 36.4 Å². The van der Waals surface area contributed by atoms with Gasteiger partial charge in [-0.1, -0.05) is 12.1 Å². The van der Waals surface area contributed by atoms with Crippen LogP contribution in [-0.4, -0.2) is 52.2 Å². The molecule has 0 bridgehead atoms. The molecule has 150 valence electrons. The maximum atomic E-state index is 12.7. The van der Waals surface area contributed by atoms with Crippen LogP contribution in [0.4, 0.5) is 17.5 Å². The number of hydrogen-bond acceptors (Lipinski definition) is 7. The molecule has 1 saturated heterocycles. The number of hydrogen-bond donors (Lipinski definition) is 1. The number of nitriles is 1. The van der Waals surface area contributed by atoms with E-state index in [-0.39, 0.29) is 5.91 Å². The van der Waals surface area contributed by atoms with E-state index in [0.717, 1.165) is 17.3 Å². The van der Waals surface area contributed by atoms with E-state index >= 15 is 0 Å². The Labute approximate surface area is 174 Å². The van der Waals surface area contributed by atoms with Gasteiger partial charge >= 0.3 is 0 Å². The summed E-state index contributed by atoms with van der Waals surface area (Å²) in [4.78, 5) is 21.0. The fourth-order valence-electron chi connectivity index (χ4n) is 3.35. The molecule has 1 aliphatic heterocycles. The van der Waals surface area contributed by atoms with Gasteiger partial charge in [-0.15, -0.1) is 10.2 Å². The lowest BCUT2D eigenvalue weighted by Gasteiger charge is -2.35. The quantitative estimate of drug-likeness (QED) is 0.720. The van der Waals surface area contributed by atoms with Crippen LogP contribution < -0.4 is 10.2 Å². The summed E-state index contributed by atoms with van der Waals surface area (Å²) >= 11 is 0. The van der Waals surface area contributed by atoms with Crippen molar-refractivity contribution < 1.29 is 4.79 Å². The summed E-state index contributed by atoms with van der Waals surface area (Å²) in [6.07, 6.45) is 0. The Kier molecular flexibility index (Phi) is 5.52. The molecule has 30 heavy (non-hydrogen) atoms. The first-order valence-electron chi connectivity index (χ1n) is 9.71. The van der Waals surface area contributed by atoms with Gasteiger partial charge in [0.1, 0.15) is 5.82 Å². The maximum absolute atomic E-state index is 12.7. The van der Waals surface area contributed by atoms with Crippen molar-refractivity contribution in [2.24, 2.45) is 0 Å². The van der Waals surface area contributed by atoms with Crippen LogP contribution in [0.2, 0.25) is 0 Å². The van der Waals surface area contributed by atoms with E-state index in [2.05, 4.69) is 31.5 Å². The fraction of sp³-hybridized carbons (Fsp3) is 0.227. The van der Waals surface area contributed by atoms with Gasteiger partial charge in [0.15, 0.2) is 11.6 Å². The summed E-state index contributed by atoms with van der Waals surface area (Å²) < 4.78 is 0. The summed E-state index contributed by atoms with van der Waals surface area (Å²) in [7, 11) is 0. The standard InChI is InChI=1S/C22H21N7O/c1-16-4-2-7-19(24-16)25-20-8-9-21(27-26-20)28-10-12-29(13-11-28)22(30)18-6-3-5-17(14-18)15-23/h2-9,14H,10-13H2,1H3,(H,24,25,26).